The monoisotopic (exact) mass is 541 g/mol. The van der Waals surface area contributed by atoms with Gasteiger partial charge in [-0.25, -0.2) is 4.79 Å². The number of amides is 1. The van der Waals surface area contributed by atoms with Gasteiger partial charge in [-0.3, -0.25) is 23.4 Å². The number of hydrogen-bond donors (Lipinski definition) is 1. The van der Waals surface area contributed by atoms with Gasteiger partial charge in [-0.2, -0.15) is 16.4 Å². The molecule has 0 spiro atoms. The van der Waals surface area contributed by atoms with E-state index in [4.69, 9.17) is 5.10 Å². The molecule has 0 radical (unpaired) electrons. The summed E-state index contributed by atoms with van der Waals surface area (Å²) in [5.74, 6) is 0.0103. The van der Waals surface area contributed by atoms with Crippen LogP contribution >= 0.6 is 11.3 Å². The summed E-state index contributed by atoms with van der Waals surface area (Å²) in [4.78, 5) is 38.6. The molecule has 1 unspecified atom stereocenters. The largest absolute Gasteiger partial charge is 0.332 e. The first-order valence-electron chi connectivity index (χ1n) is 12.9. The Morgan fingerprint density at radius 3 is 2.36 bits per heavy atom. The minimum atomic E-state index is -0.383. The van der Waals surface area contributed by atoms with Gasteiger partial charge in [0.05, 0.1) is 11.7 Å². The second-order valence-corrected chi connectivity index (χ2v) is 10.9. The zero-order valence-electron chi connectivity index (χ0n) is 22.4. The normalized spacial score (nSPS) is 12.2. The summed E-state index contributed by atoms with van der Waals surface area (Å²) in [6, 6.07) is 19.4. The van der Waals surface area contributed by atoms with Crippen molar-refractivity contribution in [3.05, 3.63) is 103 Å². The van der Waals surface area contributed by atoms with Gasteiger partial charge in [0.25, 0.3) is 5.56 Å². The Bertz CT molecular complexity index is 1730. The van der Waals surface area contributed by atoms with Crippen LogP contribution in [0.25, 0.3) is 22.3 Å². The predicted molar refractivity (Wildman–Crippen MR) is 156 cm³/mol. The number of benzene rings is 2. The molecule has 9 heteroatoms. The third-order valence-electron chi connectivity index (χ3n) is 6.71. The summed E-state index contributed by atoms with van der Waals surface area (Å²) < 4.78 is 4.69. The van der Waals surface area contributed by atoms with E-state index in [-0.39, 0.29) is 29.1 Å². The molecule has 200 valence electrons. The SMILES string of the molecule is CC(=O)Nc1ccc(-c2c3c(=O)n(C)c(=O)n(CC(C)C)c3nn2C(Cc2ccccc2)c2ccsc2)cc1. The van der Waals surface area contributed by atoms with Crippen LogP contribution in [-0.4, -0.2) is 24.8 Å². The number of nitrogens with zero attached hydrogens (tertiary/aromatic N) is 4. The summed E-state index contributed by atoms with van der Waals surface area (Å²) in [7, 11) is 1.52. The number of hydrogen-bond acceptors (Lipinski definition) is 5. The van der Waals surface area contributed by atoms with Gasteiger partial charge in [-0.15, -0.1) is 0 Å². The molecule has 0 saturated carbocycles. The first-order valence-corrected chi connectivity index (χ1v) is 13.8. The highest BCUT2D eigenvalue weighted by molar-refractivity contribution is 7.08. The zero-order valence-corrected chi connectivity index (χ0v) is 23.2. The maximum atomic E-state index is 13.7. The van der Waals surface area contributed by atoms with E-state index < -0.39 is 0 Å². The van der Waals surface area contributed by atoms with Crippen LogP contribution in [0.1, 0.15) is 37.9 Å². The van der Waals surface area contributed by atoms with Gasteiger partial charge < -0.3 is 5.32 Å². The van der Waals surface area contributed by atoms with Gasteiger partial charge in [-0.1, -0.05) is 56.3 Å². The van der Waals surface area contributed by atoms with E-state index in [1.54, 1.807) is 15.9 Å². The van der Waals surface area contributed by atoms with Crippen LogP contribution in [0.5, 0.6) is 0 Å². The first kappa shape index (κ1) is 26.4. The third-order valence-corrected chi connectivity index (χ3v) is 7.41. The molecule has 3 heterocycles. The molecule has 0 saturated heterocycles. The molecule has 1 amide bonds. The Balaban J connectivity index is 1.83. The molecular weight excluding hydrogens is 510 g/mol. The van der Waals surface area contributed by atoms with Gasteiger partial charge in [0.1, 0.15) is 5.39 Å². The Morgan fingerprint density at radius 2 is 1.74 bits per heavy atom. The lowest BCUT2D eigenvalue weighted by atomic mass is 10.00. The quantitative estimate of drug-likeness (QED) is 0.297. The highest BCUT2D eigenvalue weighted by Crippen LogP contribution is 2.34. The van der Waals surface area contributed by atoms with Gasteiger partial charge in [0, 0.05) is 31.8 Å². The molecule has 1 atom stereocenters. The highest BCUT2D eigenvalue weighted by Gasteiger charge is 2.27. The average molecular weight is 542 g/mol. The van der Waals surface area contributed by atoms with Crippen LogP contribution in [0.15, 0.2) is 81.0 Å². The van der Waals surface area contributed by atoms with E-state index >= 15 is 0 Å². The van der Waals surface area contributed by atoms with Crippen molar-refractivity contribution in [1.29, 1.82) is 0 Å². The number of anilines is 1. The molecular formula is C30H31N5O3S. The van der Waals surface area contributed by atoms with E-state index in [2.05, 4.69) is 28.9 Å². The average Bonchev–Trinajstić information content (AvgIpc) is 3.58. The minimum absolute atomic E-state index is 0.162. The molecule has 0 aliphatic carbocycles. The number of carbonyl (C=O) groups excluding carboxylic acids is 1. The first-order chi connectivity index (χ1) is 18.7. The fraction of sp³-hybridized carbons (Fsp3) is 0.267. The standard InChI is InChI=1S/C30H31N5O3S/c1-19(2)17-34-28-26(29(37)33(4)30(34)38)27(22-10-12-24(13-11-22)31-20(3)36)35(32-28)25(23-14-15-39-18-23)16-21-8-6-5-7-9-21/h5-15,18-19,25H,16-17H2,1-4H3,(H,31,36). The fourth-order valence-electron chi connectivity index (χ4n) is 4.93. The molecule has 5 rings (SSSR count). The van der Waals surface area contributed by atoms with Crippen LogP contribution in [0.4, 0.5) is 5.69 Å². The van der Waals surface area contributed by atoms with E-state index in [0.717, 1.165) is 16.7 Å². The molecule has 1 N–H and O–H groups in total. The topological polar surface area (TPSA) is 90.9 Å². The fourth-order valence-corrected chi connectivity index (χ4v) is 5.64. The Labute approximate surface area is 230 Å². The van der Waals surface area contributed by atoms with Crippen molar-refractivity contribution < 1.29 is 4.79 Å². The lowest BCUT2D eigenvalue weighted by molar-refractivity contribution is -0.114. The maximum Gasteiger partial charge on any atom is 0.332 e. The van der Waals surface area contributed by atoms with E-state index in [1.165, 1.54) is 18.5 Å². The summed E-state index contributed by atoms with van der Waals surface area (Å²) >= 11 is 1.61. The summed E-state index contributed by atoms with van der Waals surface area (Å²) in [6.45, 7) is 5.96. The van der Waals surface area contributed by atoms with Crippen molar-refractivity contribution in [3.63, 3.8) is 0 Å². The molecule has 3 aromatic heterocycles. The van der Waals surface area contributed by atoms with E-state index in [0.29, 0.717) is 35.4 Å². The highest BCUT2D eigenvalue weighted by atomic mass is 32.1. The summed E-state index contributed by atoms with van der Waals surface area (Å²) in [5, 5.41) is 12.4. The molecule has 2 aromatic carbocycles. The van der Waals surface area contributed by atoms with Crippen molar-refractivity contribution >= 4 is 34.0 Å². The van der Waals surface area contributed by atoms with E-state index in [9.17, 15) is 14.4 Å². The number of fused-ring (bicyclic) bond motifs is 1. The van der Waals surface area contributed by atoms with Crippen LogP contribution in [0, 0.1) is 5.92 Å². The number of thiophene rings is 1. The van der Waals surface area contributed by atoms with Gasteiger partial charge in [0.2, 0.25) is 5.91 Å². The number of rotatable bonds is 8. The predicted octanol–water partition coefficient (Wildman–Crippen LogP) is 5.07. The molecule has 0 fully saturated rings. The van der Waals surface area contributed by atoms with Crippen LogP contribution in [0.3, 0.4) is 0 Å². The summed E-state index contributed by atoms with van der Waals surface area (Å²) in [6.07, 6.45) is 0.650. The number of nitrogens with one attached hydrogen (secondary N) is 1. The van der Waals surface area contributed by atoms with Crippen LogP contribution in [0.2, 0.25) is 0 Å². The molecule has 0 aliphatic heterocycles. The van der Waals surface area contributed by atoms with Crippen molar-refractivity contribution in [1.82, 2.24) is 18.9 Å². The minimum Gasteiger partial charge on any atom is -0.326 e. The molecule has 5 aromatic rings. The number of carbonyl (C=O) groups is 1. The van der Waals surface area contributed by atoms with E-state index in [1.807, 2.05) is 66.4 Å². The Kier molecular flexibility index (Phi) is 7.34. The molecule has 0 bridgehead atoms. The third kappa shape index (κ3) is 5.22. The molecule has 0 aliphatic rings. The Hall–Kier alpha value is -4.24. The smallest absolute Gasteiger partial charge is 0.326 e. The Morgan fingerprint density at radius 1 is 1.03 bits per heavy atom. The van der Waals surface area contributed by atoms with Gasteiger partial charge in [-0.05, 0) is 52.4 Å². The van der Waals surface area contributed by atoms with Crippen molar-refractivity contribution in [2.24, 2.45) is 13.0 Å². The van der Waals surface area contributed by atoms with Crippen molar-refractivity contribution in [2.45, 2.75) is 39.8 Å². The van der Waals surface area contributed by atoms with Gasteiger partial charge >= 0.3 is 5.69 Å². The summed E-state index contributed by atoms with van der Waals surface area (Å²) in [5.41, 5.74) is 3.89. The zero-order chi connectivity index (χ0) is 27.7. The molecule has 8 nitrogen and oxygen atoms in total. The second-order valence-electron chi connectivity index (χ2n) is 10.2. The van der Waals surface area contributed by atoms with Crippen molar-refractivity contribution in [3.8, 4) is 11.3 Å². The van der Waals surface area contributed by atoms with Crippen LogP contribution in [-0.2, 0) is 24.8 Å². The molecule has 39 heavy (non-hydrogen) atoms. The van der Waals surface area contributed by atoms with Crippen molar-refractivity contribution in [2.75, 3.05) is 5.32 Å². The maximum absolute atomic E-state index is 13.7. The van der Waals surface area contributed by atoms with Crippen LogP contribution < -0.4 is 16.6 Å². The lowest BCUT2D eigenvalue weighted by Crippen LogP contribution is -2.38. The second kappa shape index (κ2) is 10.9. The lowest BCUT2D eigenvalue weighted by Gasteiger charge is -2.20. The van der Waals surface area contributed by atoms with Gasteiger partial charge in [0.15, 0.2) is 5.65 Å². The number of aromatic nitrogens is 4.